The van der Waals surface area contributed by atoms with E-state index >= 15 is 0 Å². The number of fused-ring (bicyclic) bond motifs is 1. The molecule has 6 heteroatoms. The molecule has 0 spiro atoms. The largest absolute Gasteiger partial charge is 0.396 e. The van der Waals surface area contributed by atoms with Crippen molar-refractivity contribution in [2.24, 2.45) is 7.05 Å². The molecule has 3 aromatic rings. The zero-order chi connectivity index (χ0) is 14.3. The fourth-order valence-electron chi connectivity index (χ4n) is 2.32. The third-order valence-corrected chi connectivity index (χ3v) is 3.40. The molecule has 0 saturated carbocycles. The van der Waals surface area contributed by atoms with E-state index in [-0.39, 0.29) is 5.82 Å². The molecule has 0 fully saturated rings. The van der Waals surface area contributed by atoms with Crippen molar-refractivity contribution >= 4 is 28.2 Å². The number of benzene rings is 1. The van der Waals surface area contributed by atoms with Crippen molar-refractivity contribution in [1.29, 1.82) is 0 Å². The second-order valence-electron chi connectivity index (χ2n) is 4.84. The second-order valence-corrected chi connectivity index (χ2v) is 4.84. The first-order valence-corrected chi connectivity index (χ1v) is 6.25. The van der Waals surface area contributed by atoms with Gasteiger partial charge in [-0.25, -0.2) is 4.98 Å². The number of hydrogen-bond donors (Lipinski definition) is 3. The van der Waals surface area contributed by atoms with Crippen LogP contribution in [0.5, 0.6) is 0 Å². The minimum Gasteiger partial charge on any atom is -0.396 e. The van der Waals surface area contributed by atoms with Crippen LogP contribution in [0.25, 0.3) is 10.9 Å². The molecule has 0 aliphatic rings. The molecule has 0 saturated heterocycles. The van der Waals surface area contributed by atoms with Crippen LogP contribution in [0.1, 0.15) is 11.1 Å². The third kappa shape index (κ3) is 2.01. The average Bonchev–Trinajstić information content (AvgIpc) is 2.77. The Morgan fingerprint density at radius 2 is 1.95 bits per heavy atom. The Labute approximate surface area is 116 Å². The monoisotopic (exact) mass is 268 g/mol. The van der Waals surface area contributed by atoms with E-state index in [1.54, 1.807) is 6.07 Å². The summed E-state index contributed by atoms with van der Waals surface area (Å²) < 4.78 is 1.84. The fourth-order valence-corrected chi connectivity index (χ4v) is 2.32. The van der Waals surface area contributed by atoms with Gasteiger partial charge in [-0.3, -0.25) is 4.68 Å². The highest BCUT2D eigenvalue weighted by Gasteiger charge is 2.08. The van der Waals surface area contributed by atoms with Crippen molar-refractivity contribution in [1.82, 2.24) is 14.8 Å². The minimum atomic E-state index is 0.279. The number of hydrogen-bond acceptors (Lipinski definition) is 5. The summed E-state index contributed by atoms with van der Waals surface area (Å²) >= 11 is 0. The van der Waals surface area contributed by atoms with Gasteiger partial charge < -0.3 is 17.2 Å². The zero-order valence-corrected chi connectivity index (χ0v) is 11.2. The molecule has 2 heterocycles. The number of nitrogens with two attached hydrogens (primary N) is 3. The average molecular weight is 268 g/mol. The number of anilines is 3. The summed E-state index contributed by atoms with van der Waals surface area (Å²) in [6, 6.07) is 7.95. The number of nitrogens with zero attached hydrogens (tertiary/aromatic N) is 3. The van der Waals surface area contributed by atoms with Crippen LogP contribution in [0, 0.1) is 0 Å². The van der Waals surface area contributed by atoms with E-state index in [4.69, 9.17) is 17.2 Å². The summed E-state index contributed by atoms with van der Waals surface area (Å²) in [5.41, 5.74) is 21.0. The summed E-state index contributed by atoms with van der Waals surface area (Å²) in [6.07, 6.45) is 2.50. The van der Waals surface area contributed by atoms with Gasteiger partial charge in [-0.1, -0.05) is 12.1 Å². The Kier molecular flexibility index (Phi) is 2.71. The van der Waals surface area contributed by atoms with E-state index in [1.807, 2.05) is 24.0 Å². The van der Waals surface area contributed by atoms with Crippen molar-refractivity contribution in [2.75, 3.05) is 17.2 Å². The summed E-state index contributed by atoms with van der Waals surface area (Å²) in [7, 11) is 1.92. The van der Waals surface area contributed by atoms with E-state index < -0.39 is 0 Å². The summed E-state index contributed by atoms with van der Waals surface area (Å²) in [5.74, 6) is 0.662. The summed E-state index contributed by atoms with van der Waals surface area (Å²) in [5, 5.41) is 5.34. The predicted molar refractivity (Wildman–Crippen MR) is 81.0 cm³/mol. The van der Waals surface area contributed by atoms with E-state index in [2.05, 4.69) is 22.2 Å². The van der Waals surface area contributed by atoms with Gasteiger partial charge in [-0.05, 0) is 29.7 Å². The Morgan fingerprint density at radius 3 is 2.75 bits per heavy atom. The van der Waals surface area contributed by atoms with Crippen LogP contribution in [-0.4, -0.2) is 14.8 Å². The molecule has 2 aromatic heterocycles. The molecule has 0 aliphatic carbocycles. The highest BCUT2D eigenvalue weighted by atomic mass is 15.2. The zero-order valence-electron chi connectivity index (χ0n) is 11.2. The van der Waals surface area contributed by atoms with Gasteiger partial charge in [-0.2, -0.15) is 5.10 Å². The molecule has 0 atom stereocenters. The molecule has 3 rings (SSSR count). The highest BCUT2D eigenvalue weighted by molar-refractivity contribution is 5.79. The van der Waals surface area contributed by atoms with Gasteiger partial charge in [0.05, 0.1) is 17.4 Å². The molecule has 6 N–H and O–H groups in total. The van der Waals surface area contributed by atoms with E-state index in [0.29, 0.717) is 17.9 Å². The number of aryl methyl sites for hydroxylation is 1. The maximum absolute atomic E-state index is 5.96. The maximum Gasteiger partial charge on any atom is 0.149 e. The minimum absolute atomic E-state index is 0.279. The molecule has 0 aliphatic heterocycles. The smallest absolute Gasteiger partial charge is 0.149 e. The van der Waals surface area contributed by atoms with Gasteiger partial charge in [0.25, 0.3) is 0 Å². The van der Waals surface area contributed by atoms with Gasteiger partial charge in [0.1, 0.15) is 11.6 Å². The Morgan fingerprint density at radius 1 is 1.15 bits per heavy atom. The van der Waals surface area contributed by atoms with Gasteiger partial charge in [0, 0.05) is 12.4 Å². The fraction of sp³-hybridized carbons (Fsp3) is 0.143. The van der Waals surface area contributed by atoms with Crippen molar-refractivity contribution in [3.05, 3.63) is 41.6 Å². The van der Waals surface area contributed by atoms with Crippen LogP contribution in [-0.2, 0) is 13.5 Å². The molecule has 0 amide bonds. The van der Waals surface area contributed by atoms with E-state index in [0.717, 1.165) is 22.0 Å². The number of rotatable bonds is 2. The molecular formula is C14H16N6. The van der Waals surface area contributed by atoms with Crippen molar-refractivity contribution in [3.8, 4) is 0 Å². The topological polar surface area (TPSA) is 109 Å². The predicted octanol–water partition coefficient (Wildman–Crippen LogP) is 1.31. The Hall–Kier alpha value is -2.76. The molecule has 102 valence electrons. The quantitative estimate of drug-likeness (QED) is 0.649. The van der Waals surface area contributed by atoms with Gasteiger partial charge >= 0.3 is 0 Å². The molecule has 20 heavy (non-hydrogen) atoms. The number of pyridine rings is 1. The summed E-state index contributed by atoms with van der Waals surface area (Å²) in [6.45, 7) is 0. The van der Waals surface area contributed by atoms with Crippen LogP contribution >= 0.6 is 0 Å². The van der Waals surface area contributed by atoms with Crippen LogP contribution in [0.2, 0.25) is 0 Å². The lowest BCUT2D eigenvalue weighted by Crippen LogP contribution is -2.05. The van der Waals surface area contributed by atoms with Crippen LogP contribution in [0.15, 0.2) is 30.5 Å². The first kappa shape index (κ1) is 12.3. The third-order valence-electron chi connectivity index (χ3n) is 3.40. The second kappa shape index (κ2) is 4.41. The van der Waals surface area contributed by atoms with Crippen LogP contribution in [0.3, 0.4) is 0 Å². The van der Waals surface area contributed by atoms with Gasteiger partial charge in [-0.15, -0.1) is 0 Å². The van der Waals surface area contributed by atoms with Gasteiger partial charge in [0.15, 0.2) is 0 Å². The van der Waals surface area contributed by atoms with Crippen molar-refractivity contribution in [3.63, 3.8) is 0 Å². The lowest BCUT2D eigenvalue weighted by Gasteiger charge is -2.09. The molecule has 0 bridgehead atoms. The van der Waals surface area contributed by atoms with Crippen LogP contribution in [0.4, 0.5) is 17.3 Å². The van der Waals surface area contributed by atoms with E-state index in [1.165, 1.54) is 0 Å². The van der Waals surface area contributed by atoms with Crippen molar-refractivity contribution in [2.45, 2.75) is 6.42 Å². The summed E-state index contributed by atoms with van der Waals surface area (Å²) in [4.78, 5) is 3.95. The molecular weight excluding hydrogens is 252 g/mol. The Bertz CT molecular complexity index is 790. The SMILES string of the molecule is Cn1ncc2ccc(Cc3cc(N)nc(N)c3N)cc21. The first-order valence-electron chi connectivity index (χ1n) is 6.25. The molecule has 6 nitrogen and oxygen atoms in total. The number of nitrogen functional groups attached to an aromatic ring is 3. The molecule has 0 radical (unpaired) electrons. The lowest BCUT2D eigenvalue weighted by molar-refractivity contribution is 0.796. The van der Waals surface area contributed by atoms with E-state index in [9.17, 15) is 0 Å². The van der Waals surface area contributed by atoms with Gasteiger partial charge in [0.2, 0.25) is 0 Å². The van der Waals surface area contributed by atoms with Crippen LogP contribution < -0.4 is 17.2 Å². The molecule has 1 aromatic carbocycles. The Balaban J connectivity index is 2.02. The number of aromatic nitrogens is 3. The molecule has 0 unspecified atom stereocenters. The maximum atomic E-state index is 5.96. The normalized spacial score (nSPS) is 11.1. The standard InChI is InChI=1S/C14H16N6/c1-20-11-5-8(2-3-9(11)7-18-20)4-10-6-12(15)19-14(17)13(10)16/h2-3,5-7H,4,16H2,1H3,(H4,15,17,19). The highest BCUT2D eigenvalue weighted by Crippen LogP contribution is 2.24. The lowest BCUT2D eigenvalue weighted by atomic mass is 10.0. The first-order chi connectivity index (χ1) is 9.54. The van der Waals surface area contributed by atoms with Crippen molar-refractivity contribution < 1.29 is 0 Å².